The summed E-state index contributed by atoms with van der Waals surface area (Å²) in [4.78, 5) is 27.0. The first-order valence-corrected chi connectivity index (χ1v) is 9.56. The fraction of sp³-hybridized carbons (Fsp3) is 0.304. The Morgan fingerprint density at radius 3 is 2.32 bits per heavy atom. The minimum absolute atomic E-state index is 0.161. The van der Waals surface area contributed by atoms with Crippen LogP contribution in [0.1, 0.15) is 11.1 Å². The SMILES string of the molecule is O=C([O-])[C@H]1[C@@H]2C=C[C@]3(O2)[C@H]1C(=O)N(Cc1ccccc1)[C@@H]3Cc1ccccc1. The van der Waals surface area contributed by atoms with Crippen molar-refractivity contribution < 1.29 is 19.4 Å². The maximum absolute atomic E-state index is 13.4. The molecule has 0 N–H and O–H groups in total. The second-order valence-electron chi connectivity index (χ2n) is 7.77. The number of benzene rings is 2. The number of fused-ring (bicyclic) bond motifs is 1. The highest BCUT2D eigenvalue weighted by Gasteiger charge is 2.69. The van der Waals surface area contributed by atoms with E-state index < -0.39 is 29.5 Å². The minimum Gasteiger partial charge on any atom is -0.550 e. The topological polar surface area (TPSA) is 69.7 Å². The van der Waals surface area contributed by atoms with Crippen molar-refractivity contribution in [2.24, 2.45) is 11.8 Å². The van der Waals surface area contributed by atoms with Gasteiger partial charge >= 0.3 is 0 Å². The Bertz CT molecular complexity index is 942. The van der Waals surface area contributed by atoms with Gasteiger partial charge in [0.2, 0.25) is 5.91 Å². The first-order valence-electron chi connectivity index (χ1n) is 9.56. The quantitative estimate of drug-likeness (QED) is 0.741. The lowest BCUT2D eigenvalue weighted by Crippen LogP contribution is -2.47. The predicted octanol–water partition coefficient (Wildman–Crippen LogP) is 1.33. The standard InChI is InChI=1S/C23H21NO4/c25-21-20-19(22(26)27)17-11-12-23(20,28-17)18(13-15-7-3-1-4-8-15)24(21)14-16-9-5-2-6-10-16/h1-12,17-20H,13-14H2,(H,26,27)/p-1/t17-,18+,19-,20+,23+/m0/s1. The van der Waals surface area contributed by atoms with Crippen LogP contribution in [-0.4, -0.2) is 34.5 Å². The molecule has 3 aliphatic heterocycles. The van der Waals surface area contributed by atoms with Gasteiger partial charge in [-0.3, -0.25) is 4.79 Å². The summed E-state index contributed by atoms with van der Waals surface area (Å²) in [6.45, 7) is 0.428. The number of rotatable bonds is 5. The van der Waals surface area contributed by atoms with Gasteiger partial charge in [0, 0.05) is 18.4 Å². The van der Waals surface area contributed by atoms with Crippen molar-refractivity contribution in [2.75, 3.05) is 0 Å². The van der Waals surface area contributed by atoms with Crippen LogP contribution in [0.4, 0.5) is 0 Å². The normalized spacial score (nSPS) is 32.7. The van der Waals surface area contributed by atoms with Gasteiger partial charge < -0.3 is 19.5 Å². The molecule has 2 fully saturated rings. The number of carboxylic acid groups (broad SMARTS) is 1. The summed E-state index contributed by atoms with van der Waals surface area (Å²) in [5.41, 5.74) is 1.19. The second-order valence-corrected chi connectivity index (χ2v) is 7.77. The number of nitrogens with zero attached hydrogens (tertiary/aromatic N) is 1. The lowest BCUT2D eigenvalue weighted by Gasteiger charge is -2.33. The number of ether oxygens (including phenoxy) is 1. The highest BCUT2D eigenvalue weighted by atomic mass is 16.5. The number of hydrogen-bond acceptors (Lipinski definition) is 4. The molecule has 3 aliphatic rings. The van der Waals surface area contributed by atoms with E-state index in [0.717, 1.165) is 11.1 Å². The predicted molar refractivity (Wildman–Crippen MR) is 99.7 cm³/mol. The molecular formula is C23H20NO4-. The average molecular weight is 374 g/mol. The van der Waals surface area contributed by atoms with E-state index in [9.17, 15) is 14.7 Å². The van der Waals surface area contributed by atoms with Crippen molar-refractivity contribution in [3.63, 3.8) is 0 Å². The van der Waals surface area contributed by atoms with Crippen molar-refractivity contribution >= 4 is 11.9 Å². The summed E-state index contributed by atoms with van der Waals surface area (Å²) in [5, 5.41) is 11.8. The van der Waals surface area contributed by atoms with Crippen molar-refractivity contribution in [3.8, 4) is 0 Å². The maximum atomic E-state index is 13.4. The van der Waals surface area contributed by atoms with Crippen LogP contribution in [0.25, 0.3) is 0 Å². The summed E-state index contributed by atoms with van der Waals surface area (Å²) >= 11 is 0. The molecule has 1 spiro atoms. The van der Waals surface area contributed by atoms with Gasteiger partial charge in [-0.1, -0.05) is 72.8 Å². The van der Waals surface area contributed by atoms with Gasteiger partial charge in [0.15, 0.2) is 0 Å². The number of carboxylic acids is 1. The van der Waals surface area contributed by atoms with Gasteiger partial charge in [0.05, 0.1) is 18.1 Å². The van der Waals surface area contributed by atoms with E-state index in [4.69, 9.17) is 4.74 Å². The largest absolute Gasteiger partial charge is 0.550 e. The van der Waals surface area contributed by atoms with Crippen LogP contribution in [0.5, 0.6) is 0 Å². The van der Waals surface area contributed by atoms with Gasteiger partial charge in [0.25, 0.3) is 0 Å². The van der Waals surface area contributed by atoms with Gasteiger partial charge in [-0.2, -0.15) is 0 Å². The molecular weight excluding hydrogens is 354 g/mol. The Morgan fingerprint density at radius 1 is 1.04 bits per heavy atom. The molecule has 2 saturated heterocycles. The third-order valence-electron chi connectivity index (χ3n) is 6.27. The van der Waals surface area contributed by atoms with Crippen molar-refractivity contribution in [1.29, 1.82) is 0 Å². The van der Waals surface area contributed by atoms with Crippen LogP contribution in [0, 0.1) is 11.8 Å². The summed E-state index contributed by atoms with van der Waals surface area (Å²) in [5.74, 6) is -3.04. The van der Waals surface area contributed by atoms with E-state index in [-0.39, 0.29) is 11.9 Å². The second kappa shape index (κ2) is 6.31. The molecule has 2 aromatic carbocycles. The van der Waals surface area contributed by atoms with E-state index >= 15 is 0 Å². The smallest absolute Gasteiger partial charge is 0.230 e. The molecule has 5 nitrogen and oxygen atoms in total. The zero-order valence-electron chi connectivity index (χ0n) is 15.2. The molecule has 2 bridgehead atoms. The Balaban J connectivity index is 1.56. The third kappa shape index (κ3) is 2.43. The molecule has 28 heavy (non-hydrogen) atoms. The summed E-state index contributed by atoms with van der Waals surface area (Å²) in [7, 11) is 0. The molecule has 0 saturated carbocycles. The zero-order valence-corrected chi connectivity index (χ0v) is 15.2. The van der Waals surface area contributed by atoms with Crippen LogP contribution in [0.15, 0.2) is 72.8 Å². The van der Waals surface area contributed by atoms with E-state index in [1.807, 2.05) is 66.7 Å². The number of carbonyl (C=O) groups is 2. The number of aliphatic carboxylic acids is 1. The van der Waals surface area contributed by atoms with Gasteiger partial charge in [0.1, 0.15) is 5.60 Å². The first kappa shape index (κ1) is 17.2. The number of hydrogen-bond donors (Lipinski definition) is 0. The molecule has 2 aromatic rings. The van der Waals surface area contributed by atoms with Crippen LogP contribution in [0.3, 0.4) is 0 Å². The van der Waals surface area contributed by atoms with Crippen LogP contribution in [-0.2, 0) is 27.3 Å². The molecule has 5 heteroatoms. The summed E-state index contributed by atoms with van der Waals surface area (Å²) < 4.78 is 6.19. The lowest BCUT2D eigenvalue weighted by atomic mass is 9.74. The number of amides is 1. The molecule has 1 amide bonds. The number of carbonyl (C=O) groups excluding carboxylic acids is 2. The lowest BCUT2D eigenvalue weighted by molar-refractivity contribution is -0.313. The Morgan fingerprint density at radius 2 is 1.68 bits per heavy atom. The van der Waals surface area contributed by atoms with Crippen LogP contribution in [0.2, 0.25) is 0 Å². The van der Waals surface area contributed by atoms with Crippen LogP contribution < -0.4 is 5.11 Å². The fourth-order valence-electron chi connectivity index (χ4n) is 5.06. The van der Waals surface area contributed by atoms with Gasteiger partial charge in [-0.05, 0) is 17.5 Å². The van der Waals surface area contributed by atoms with Gasteiger partial charge in [-0.25, -0.2) is 0 Å². The Kier molecular flexibility index (Phi) is 3.88. The highest BCUT2D eigenvalue weighted by molar-refractivity contribution is 5.91. The summed E-state index contributed by atoms with van der Waals surface area (Å²) in [6.07, 6.45) is 3.72. The maximum Gasteiger partial charge on any atom is 0.230 e. The van der Waals surface area contributed by atoms with Gasteiger partial charge in [-0.15, -0.1) is 0 Å². The molecule has 0 aromatic heterocycles. The zero-order chi connectivity index (χ0) is 19.3. The minimum atomic E-state index is -1.21. The van der Waals surface area contributed by atoms with E-state index in [1.54, 1.807) is 11.0 Å². The van der Waals surface area contributed by atoms with Crippen LogP contribution >= 0.6 is 0 Å². The molecule has 3 heterocycles. The molecule has 0 unspecified atom stereocenters. The van der Waals surface area contributed by atoms with E-state index in [2.05, 4.69) is 0 Å². The summed E-state index contributed by atoms with van der Waals surface area (Å²) in [6, 6.07) is 19.4. The van der Waals surface area contributed by atoms with Crippen molar-refractivity contribution in [1.82, 2.24) is 4.90 Å². The third-order valence-corrected chi connectivity index (χ3v) is 6.27. The molecule has 0 radical (unpaired) electrons. The van der Waals surface area contributed by atoms with E-state index in [1.165, 1.54) is 0 Å². The number of likely N-dealkylation sites (tertiary alicyclic amines) is 1. The molecule has 0 aliphatic carbocycles. The molecule has 5 rings (SSSR count). The van der Waals surface area contributed by atoms with E-state index in [0.29, 0.717) is 13.0 Å². The molecule has 142 valence electrons. The highest BCUT2D eigenvalue weighted by Crippen LogP contribution is 2.55. The van der Waals surface area contributed by atoms with Crippen molar-refractivity contribution in [2.45, 2.75) is 30.7 Å². The first-order chi connectivity index (χ1) is 13.6. The fourth-order valence-corrected chi connectivity index (χ4v) is 5.06. The monoisotopic (exact) mass is 374 g/mol. The van der Waals surface area contributed by atoms with Crippen molar-refractivity contribution in [3.05, 3.63) is 83.9 Å². The Hall–Kier alpha value is -2.92. The average Bonchev–Trinajstić information content (AvgIpc) is 3.34. The Labute approximate surface area is 163 Å². The molecule has 5 atom stereocenters.